The first kappa shape index (κ1) is 12.2. The molecule has 17 heavy (non-hydrogen) atoms. The van der Waals surface area contributed by atoms with E-state index in [1.807, 2.05) is 42.5 Å². The highest BCUT2D eigenvalue weighted by Gasteiger charge is 2.33. The second-order valence-corrected chi connectivity index (χ2v) is 9.13. The predicted octanol–water partition coefficient (Wildman–Crippen LogP) is 3.17. The molecule has 0 spiro atoms. The second-order valence-electron chi connectivity index (χ2n) is 4.03. The van der Waals surface area contributed by atoms with Crippen molar-refractivity contribution in [1.29, 1.82) is 0 Å². The Bertz CT molecular complexity index is 439. The lowest BCUT2D eigenvalue weighted by Gasteiger charge is -2.24. The molecular weight excluding hydrogens is 244 g/mol. The largest absolute Gasteiger partial charge is 0.221 e. The molecule has 0 bridgehead atoms. The topological polar surface area (TPSA) is 0 Å². The Labute approximate surface area is 108 Å². The third-order valence-corrected chi connectivity index (χ3v) is 8.01. The average Bonchev–Trinajstić information content (AvgIpc) is 2.41. The normalized spacial score (nSPS) is 11.1. The van der Waals surface area contributed by atoms with E-state index in [9.17, 15) is 0 Å². The summed E-state index contributed by atoms with van der Waals surface area (Å²) in [5, 5.41) is 2.49. The van der Waals surface area contributed by atoms with Crippen LogP contribution in [0.15, 0.2) is 73.3 Å². The second kappa shape index (κ2) is 5.35. The highest BCUT2D eigenvalue weighted by Crippen LogP contribution is 2.16. The van der Waals surface area contributed by atoms with Crippen molar-refractivity contribution < 1.29 is 0 Å². The Hall–Kier alpha value is -1.31. The Morgan fingerprint density at radius 3 is 1.65 bits per heavy atom. The molecule has 2 heteroatoms. The van der Waals surface area contributed by atoms with E-state index in [0.717, 1.165) is 6.04 Å². The number of hydrogen-bond acceptors (Lipinski definition) is 0. The fourth-order valence-corrected chi connectivity index (χ4v) is 5.73. The van der Waals surface area contributed by atoms with Gasteiger partial charge in [-0.25, -0.2) is 0 Å². The molecule has 0 aliphatic carbocycles. The van der Waals surface area contributed by atoms with E-state index >= 15 is 0 Å². The van der Waals surface area contributed by atoms with Crippen LogP contribution in [0.4, 0.5) is 0 Å². The maximum absolute atomic E-state index is 6.96. The third kappa shape index (κ3) is 2.51. The SMILES string of the molecule is C=CC[Si](Cl)(c1ccccc1)c1ccccc1. The van der Waals surface area contributed by atoms with E-state index in [0.29, 0.717) is 0 Å². The van der Waals surface area contributed by atoms with Gasteiger partial charge >= 0.3 is 0 Å². The molecule has 2 aromatic rings. The van der Waals surface area contributed by atoms with Gasteiger partial charge in [-0.05, 0) is 16.4 Å². The molecule has 0 aliphatic heterocycles. The van der Waals surface area contributed by atoms with Crippen LogP contribution in [0.2, 0.25) is 6.04 Å². The maximum Gasteiger partial charge on any atom is 0.221 e. The van der Waals surface area contributed by atoms with E-state index in [-0.39, 0.29) is 0 Å². The van der Waals surface area contributed by atoms with Crippen LogP contribution in [-0.2, 0) is 0 Å². The van der Waals surface area contributed by atoms with Crippen LogP contribution in [0.25, 0.3) is 0 Å². The first-order chi connectivity index (χ1) is 8.27. The first-order valence-electron chi connectivity index (χ1n) is 5.68. The first-order valence-corrected chi connectivity index (χ1v) is 8.90. The summed E-state index contributed by atoms with van der Waals surface area (Å²) in [5.41, 5.74) is 0. The number of halogens is 1. The molecule has 0 atom stereocenters. The van der Waals surface area contributed by atoms with Gasteiger partial charge in [-0.15, -0.1) is 6.58 Å². The predicted molar refractivity (Wildman–Crippen MR) is 78.8 cm³/mol. The molecule has 0 heterocycles. The summed E-state index contributed by atoms with van der Waals surface area (Å²) in [6.45, 7) is 3.85. The standard InChI is InChI=1S/C15H15ClSi/c1-2-13-17(16,14-9-5-3-6-10-14)15-11-7-4-8-12-15/h2-12H,1,13H2. The molecule has 0 saturated carbocycles. The number of rotatable bonds is 4. The summed E-state index contributed by atoms with van der Waals surface area (Å²) in [5.74, 6) is 0. The fourth-order valence-electron chi connectivity index (χ4n) is 2.01. The molecule has 2 rings (SSSR count). The van der Waals surface area contributed by atoms with Crippen LogP contribution in [0, 0.1) is 0 Å². The quantitative estimate of drug-likeness (QED) is 0.449. The lowest BCUT2D eigenvalue weighted by Crippen LogP contribution is -2.52. The van der Waals surface area contributed by atoms with E-state index < -0.39 is 7.38 Å². The van der Waals surface area contributed by atoms with Crippen molar-refractivity contribution in [2.24, 2.45) is 0 Å². The van der Waals surface area contributed by atoms with Gasteiger partial charge in [0.15, 0.2) is 0 Å². The van der Waals surface area contributed by atoms with Crippen molar-refractivity contribution in [3.63, 3.8) is 0 Å². The van der Waals surface area contributed by atoms with Crippen molar-refractivity contribution in [1.82, 2.24) is 0 Å². The van der Waals surface area contributed by atoms with E-state index in [1.54, 1.807) is 0 Å². The molecule has 0 unspecified atom stereocenters. The van der Waals surface area contributed by atoms with Crippen LogP contribution in [0.1, 0.15) is 0 Å². The monoisotopic (exact) mass is 258 g/mol. The minimum absolute atomic E-state index is 0.850. The van der Waals surface area contributed by atoms with Crippen molar-refractivity contribution in [2.45, 2.75) is 6.04 Å². The summed E-state index contributed by atoms with van der Waals surface area (Å²) >= 11 is 6.96. The zero-order valence-corrected chi connectivity index (χ0v) is 11.4. The van der Waals surface area contributed by atoms with Gasteiger partial charge in [0.1, 0.15) is 0 Å². The lowest BCUT2D eigenvalue weighted by molar-refractivity contribution is 1.62. The van der Waals surface area contributed by atoms with Crippen molar-refractivity contribution in [3.8, 4) is 0 Å². The number of hydrogen-bond donors (Lipinski definition) is 0. The molecule has 2 aromatic carbocycles. The highest BCUT2D eigenvalue weighted by atomic mass is 35.6. The van der Waals surface area contributed by atoms with Gasteiger partial charge in [0.2, 0.25) is 7.38 Å². The van der Waals surface area contributed by atoms with Crippen LogP contribution in [0.3, 0.4) is 0 Å². The highest BCUT2D eigenvalue weighted by molar-refractivity contribution is 7.34. The van der Waals surface area contributed by atoms with Crippen molar-refractivity contribution in [3.05, 3.63) is 73.3 Å². The summed E-state index contributed by atoms with van der Waals surface area (Å²) in [4.78, 5) is 0. The zero-order chi connectivity index (χ0) is 12.1. The van der Waals surface area contributed by atoms with Crippen molar-refractivity contribution in [2.75, 3.05) is 0 Å². The molecule has 0 saturated heterocycles. The molecule has 86 valence electrons. The molecule has 0 fully saturated rings. The maximum atomic E-state index is 6.96. The fraction of sp³-hybridized carbons (Fsp3) is 0.0667. The molecule has 0 radical (unpaired) electrons. The number of allylic oxidation sites excluding steroid dienone is 1. The Morgan fingerprint density at radius 1 is 0.882 bits per heavy atom. The van der Waals surface area contributed by atoms with Crippen molar-refractivity contribution >= 4 is 28.8 Å². The molecule has 0 amide bonds. The van der Waals surface area contributed by atoms with Gasteiger partial charge in [-0.3, -0.25) is 0 Å². The van der Waals surface area contributed by atoms with Gasteiger partial charge in [0, 0.05) is 0 Å². The summed E-state index contributed by atoms with van der Waals surface area (Å²) < 4.78 is 0. The summed E-state index contributed by atoms with van der Waals surface area (Å²) in [7, 11) is -2.15. The summed E-state index contributed by atoms with van der Waals surface area (Å²) in [6.07, 6.45) is 1.93. The van der Waals surface area contributed by atoms with Crippen LogP contribution >= 0.6 is 11.1 Å². The summed E-state index contributed by atoms with van der Waals surface area (Å²) in [6, 6.07) is 21.6. The van der Waals surface area contributed by atoms with Gasteiger partial charge < -0.3 is 0 Å². The van der Waals surface area contributed by atoms with Crippen LogP contribution < -0.4 is 10.4 Å². The molecule has 0 aromatic heterocycles. The average molecular weight is 259 g/mol. The minimum Gasteiger partial charge on any atom is -0.154 e. The number of benzene rings is 2. The Balaban J connectivity index is 2.50. The van der Waals surface area contributed by atoms with E-state index in [2.05, 4.69) is 30.8 Å². The molecule has 0 nitrogen and oxygen atoms in total. The molecule has 0 aliphatic rings. The van der Waals surface area contributed by atoms with Gasteiger partial charge in [0.25, 0.3) is 0 Å². The van der Waals surface area contributed by atoms with Gasteiger partial charge in [-0.2, -0.15) is 11.1 Å². The zero-order valence-electron chi connectivity index (χ0n) is 9.64. The minimum atomic E-state index is -2.15. The lowest BCUT2D eigenvalue weighted by atomic mass is 10.4. The Kier molecular flexibility index (Phi) is 3.82. The molecule has 0 N–H and O–H groups in total. The van der Waals surface area contributed by atoms with E-state index in [4.69, 9.17) is 11.1 Å². The smallest absolute Gasteiger partial charge is 0.154 e. The Morgan fingerprint density at radius 2 is 1.29 bits per heavy atom. The van der Waals surface area contributed by atoms with E-state index in [1.165, 1.54) is 10.4 Å². The van der Waals surface area contributed by atoms with Gasteiger partial charge in [0.05, 0.1) is 0 Å². The van der Waals surface area contributed by atoms with Gasteiger partial charge in [-0.1, -0.05) is 66.7 Å². The molecular formula is C15H15ClSi. The van der Waals surface area contributed by atoms with Crippen LogP contribution in [-0.4, -0.2) is 7.38 Å². The third-order valence-electron chi connectivity index (χ3n) is 2.89. The van der Waals surface area contributed by atoms with Crippen LogP contribution in [0.5, 0.6) is 0 Å².